The molecule has 0 saturated carbocycles. The van der Waals surface area contributed by atoms with Crippen LogP contribution < -0.4 is 10.5 Å². The Morgan fingerprint density at radius 2 is 2.00 bits per heavy atom. The monoisotopic (exact) mass is 249 g/mol. The molecule has 18 heavy (non-hydrogen) atoms. The van der Waals surface area contributed by atoms with Gasteiger partial charge >= 0.3 is 0 Å². The van der Waals surface area contributed by atoms with E-state index in [4.69, 9.17) is 10.5 Å². The van der Waals surface area contributed by atoms with Crippen molar-refractivity contribution in [3.05, 3.63) is 29.8 Å². The van der Waals surface area contributed by atoms with Gasteiger partial charge in [0.2, 0.25) is 0 Å². The number of ether oxygens (including phenoxy) is 1. The van der Waals surface area contributed by atoms with Gasteiger partial charge in [-0.25, -0.2) is 0 Å². The van der Waals surface area contributed by atoms with Gasteiger partial charge in [-0.2, -0.15) is 0 Å². The van der Waals surface area contributed by atoms with Crippen LogP contribution in [0, 0.1) is 0 Å². The molecule has 1 rings (SSSR count). The number of para-hydroxylation sites is 1. The molecule has 1 unspecified atom stereocenters. The summed E-state index contributed by atoms with van der Waals surface area (Å²) in [5.41, 5.74) is 5.84. The Morgan fingerprint density at radius 3 is 2.56 bits per heavy atom. The second-order valence-corrected chi connectivity index (χ2v) is 5.16. The summed E-state index contributed by atoms with van der Waals surface area (Å²) in [4.78, 5) is 12.5. The summed E-state index contributed by atoms with van der Waals surface area (Å²) in [5, 5.41) is 0. The maximum Gasteiger partial charge on any atom is 0.186 e. The number of rotatable bonds is 6. The largest absolute Gasteiger partial charge is 0.490 e. The Balaban J connectivity index is 3.05. The van der Waals surface area contributed by atoms with Gasteiger partial charge in [0.1, 0.15) is 5.75 Å². The fourth-order valence-electron chi connectivity index (χ4n) is 1.95. The van der Waals surface area contributed by atoms with E-state index in [0.717, 1.165) is 6.42 Å². The van der Waals surface area contributed by atoms with Crippen molar-refractivity contribution in [3.8, 4) is 5.75 Å². The summed E-state index contributed by atoms with van der Waals surface area (Å²) in [6, 6.07) is 7.29. The Kier molecular flexibility index (Phi) is 4.91. The second-order valence-electron chi connectivity index (χ2n) is 5.16. The number of hydrogen-bond donors (Lipinski definition) is 1. The fourth-order valence-corrected chi connectivity index (χ4v) is 1.95. The van der Waals surface area contributed by atoms with Crippen molar-refractivity contribution in [2.24, 2.45) is 5.73 Å². The SMILES string of the molecule is CCCC(C)(N)C(=O)c1ccccc1OC(C)C. The second kappa shape index (κ2) is 6.01. The van der Waals surface area contributed by atoms with Crippen molar-refractivity contribution in [1.29, 1.82) is 0 Å². The molecule has 0 amide bonds. The lowest BCUT2D eigenvalue weighted by atomic mass is 9.88. The van der Waals surface area contributed by atoms with Gasteiger partial charge in [0.15, 0.2) is 5.78 Å². The molecule has 0 fully saturated rings. The summed E-state index contributed by atoms with van der Waals surface area (Å²) >= 11 is 0. The Morgan fingerprint density at radius 1 is 1.39 bits per heavy atom. The minimum Gasteiger partial charge on any atom is -0.490 e. The van der Waals surface area contributed by atoms with Gasteiger partial charge in [0, 0.05) is 0 Å². The maximum atomic E-state index is 12.5. The highest BCUT2D eigenvalue weighted by Gasteiger charge is 2.30. The van der Waals surface area contributed by atoms with Crippen molar-refractivity contribution in [1.82, 2.24) is 0 Å². The number of ketones is 1. The van der Waals surface area contributed by atoms with Crippen molar-refractivity contribution < 1.29 is 9.53 Å². The van der Waals surface area contributed by atoms with Crippen LogP contribution in [0.2, 0.25) is 0 Å². The van der Waals surface area contributed by atoms with Crippen LogP contribution in [-0.2, 0) is 0 Å². The van der Waals surface area contributed by atoms with Gasteiger partial charge in [0.05, 0.1) is 17.2 Å². The molecule has 1 aromatic rings. The van der Waals surface area contributed by atoms with Crippen molar-refractivity contribution in [2.75, 3.05) is 0 Å². The number of nitrogens with two attached hydrogens (primary N) is 1. The van der Waals surface area contributed by atoms with Crippen LogP contribution in [0.25, 0.3) is 0 Å². The van der Waals surface area contributed by atoms with Gasteiger partial charge in [-0.05, 0) is 39.3 Å². The van der Waals surface area contributed by atoms with Crippen LogP contribution in [0.4, 0.5) is 0 Å². The third-order valence-electron chi connectivity index (χ3n) is 2.78. The fraction of sp³-hybridized carbons (Fsp3) is 0.533. The molecule has 0 aliphatic carbocycles. The number of carbonyl (C=O) groups excluding carboxylic acids is 1. The highest BCUT2D eigenvalue weighted by Crippen LogP contribution is 2.25. The summed E-state index contributed by atoms with van der Waals surface area (Å²) in [6.07, 6.45) is 1.59. The molecule has 1 atom stereocenters. The van der Waals surface area contributed by atoms with Crippen LogP contribution in [0.15, 0.2) is 24.3 Å². The van der Waals surface area contributed by atoms with Gasteiger partial charge < -0.3 is 10.5 Å². The topological polar surface area (TPSA) is 52.3 Å². The standard InChI is InChI=1S/C15H23NO2/c1-5-10-15(4,16)14(17)12-8-6-7-9-13(12)18-11(2)3/h6-9,11H,5,10,16H2,1-4H3. The normalized spacial score (nSPS) is 14.3. The van der Waals surface area contributed by atoms with Gasteiger partial charge in [-0.15, -0.1) is 0 Å². The van der Waals surface area contributed by atoms with Gasteiger partial charge in [0.25, 0.3) is 0 Å². The lowest BCUT2D eigenvalue weighted by molar-refractivity contribution is 0.0887. The summed E-state index contributed by atoms with van der Waals surface area (Å²) in [6.45, 7) is 7.68. The van der Waals surface area contributed by atoms with Gasteiger partial charge in [-0.1, -0.05) is 25.5 Å². The predicted molar refractivity (Wildman–Crippen MR) is 74.0 cm³/mol. The van der Waals surface area contributed by atoms with E-state index in [1.165, 1.54) is 0 Å². The minimum absolute atomic E-state index is 0.0363. The molecule has 0 spiro atoms. The molecule has 0 aliphatic rings. The smallest absolute Gasteiger partial charge is 0.186 e. The van der Waals surface area contributed by atoms with Crippen molar-refractivity contribution >= 4 is 5.78 Å². The first-order valence-electron chi connectivity index (χ1n) is 6.48. The quantitative estimate of drug-likeness (QED) is 0.788. The third-order valence-corrected chi connectivity index (χ3v) is 2.78. The predicted octanol–water partition coefficient (Wildman–Crippen LogP) is 3.17. The molecule has 0 saturated heterocycles. The molecule has 0 aliphatic heterocycles. The van der Waals surface area contributed by atoms with E-state index >= 15 is 0 Å². The lowest BCUT2D eigenvalue weighted by Crippen LogP contribution is -2.44. The molecule has 0 aromatic heterocycles. The van der Waals surface area contributed by atoms with Crippen LogP contribution in [0.1, 0.15) is 50.9 Å². The minimum atomic E-state index is -0.828. The first kappa shape index (κ1) is 14.7. The van der Waals surface area contributed by atoms with E-state index in [9.17, 15) is 4.79 Å². The van der Waals surface area contributed by atoms with E-state index in [2.05, 4.69) is 0 Å². The molecular weight excluding hydrogens is 226 g/mol. The number of carbonyl (C=O) groups is 1. The average molecular weight is 249 g/mol. The van der Waals surface area contributed by atoms with Crippen LogP contribution in [0.5, 0.6) is 5.75 Å². The summed E-state index contributed by atoms with van der Waals surface area (Å²) in [5.74, 6) is 0.561. The van der Waals surface area contributed by atoms with E-state index in [1.807, 2.05) is 39.0 Å². The molecule has 0 radical (unpaired) electrons. The van der Waals surface area contributed by atoms with Crippen molar-refractivity contribution in [3.63, 3.8) is 0 Å². The molecule has 3 heteroatoms. The lowest BCUT2D eigenvalue weighted by Gasteiger charge is -2.24. The zero-order chi connectivity index (χ0) is 13.8. The first-order valence-corrected chi connectivity index (χ1v) is 6.48. The molecular formula is C15H23NO2. The number of benzene rings is 1. The molecule has 0 heterocycles. The number of hydrogen-bond acceptors (Lipinski definition) is 3. The van der Waals surface area contributed by atoms with Crippen molar-refractivity contribution in [2.45, 2.75) is 52.2 Å². The summed E-state index contributed by atoms with van der Waals surface area (Å²) < 4.78 is 5.66. The van der Waals surface area contributed by atoms with E-state index < -0.39 is 5.54 Å². The first-order chi connectivity index (χ1) is 8.38. The van der Waals surface area contributed by atoms with Gasteiger partial charge in [-0.3, -0.25) is 4.79 Å². The Labute approximate surface area is 109 Å². The molecule has 100 valence electrons. The number of Topliss-reactive ketones (excluding diaryl/α,β-unsaturated/α-hetero) is 1. The molecule has 0 bridgehead atoms. The average Bonchev–Trinajstić information content (AvgIpc) is 2.28. The Hall–Kier alpha value is -1.35. The molecule has 3 nitrogen and oxygen atoms in total. The molecule has 2 N–H and O–H groups in total. The van der Waals surface area contributed by atoms with Crippen LogP contribution in [0.3, 0.4) is 0 Å². The van der Waals surface area contributed by atoms with E-state index in [1.54, 1.807) is 13.0 Å². The zero-order valence-electron chi connectivity index (χ0n) is 11.7. The van der Waals surface area contributed by atoms with Crippen LogP contribution in [-0.4, -0.2) is 17.4 Å². The third kappa shape index (κ3) is 3.57. The highest BCUT2D eigenvalue weighted by atomic mass is 16.5. The zero-order valence-corrected chi connectivity index (χ0v) is 11.7. The Bertz CT molecular complexity index is 411. The molecule has 1 aromatic carbocycles. The van der Waals surface area contributed by atoms with Crippen LogP contribution >= 0.6 is 0 Å². The maximum absolute atomic E-state index is 12.5. The summed E-state index contributed by atoms with van der Waals surface area (Å²) in [7, 11) is 0. The van der Waals surface area contributed by atoms with E-state index in [-0.39, 0.29) is 11.9 Å². The highest BCUT2D eigenvalue weighted by molar-refractivity contribution is 6.04. The van der Waals surface area contributed by atoms with E-state index in [0.29, 0.717) is 17.7 Å².